The summed E-state index contributed by atoms with van der Waals surface area (Å²) in [6, 6.07) is 10.9. The zero-order valence-electron chi connectivity index (χ0n) is 13.0. The van der Waals surface area contributed by atoms with Crippen LogP contribution >= 0.6 is 15.9 Å². The number of hydrogen-bond acceptors (Lipinski definition) is 6. The third-order valence-corrected chi connectivity index (χ3v) is 3.98. The van der Waals surface area contributed by atoms with Crippen molar-refractivity contribution in [1.82, 2.24) is 10.1 Å². The number of halogens is 2. The van der Waals surface area contributed by atoms with E-state index in [-0.39, 0.29) is 18.1 Å². The molecule has 3 aromatic rings. The van der Waals surface area contributed by atoms with Crippen molar-refractivity contribution in [2.75, 3.05) is 7.11 Å². The second kappa shape index (κ2) is 7.43. The number of carbonyl (C=O) groups excluding carboxylic acids is 1. The van der Waals surface area contributed by atoms with Crippen LogP contribution < -0.4 is 4.74 Å². The molecule has 0 spiro atoms. The largest absolute Gasteiger partial charge is 0.496 e. The molecule has 8 heteroatoms. The Morgan fingerprint density at radius 1 is 1.28 bits per heavy atom. The molecule has 0 atom stereocenters. The standard InChI is InChI=1S/C17H12BrFN2O4/c1-23-14-5-3-2-4-11(14)16-20-15(25-21-16)9-24-17(22)12-8-10(19)6-7-13(12)18/h2-8H,9H2,1H3. The molecule has 128 valence electrons. The van der Waals surface area contributed by atoms with Gasteiger partial charge in [0.2, 0.25) is 5.82 Å². The van der Waals surface area contributed by atoms with E-state index >= 15 is 0 Å². The number of nitrogens with zero attached hydrogens (tertiary/aromatic N) is 2. The first-order valence-electron chi connectivity index (χ1n) is 7.16. The number of carbonyl (C=O) groups is 1. The molecular weight excluding hydrogens is 395 g/mol. The number of aromatic nitrogens is 2. The highest BCUT2D eigenvalue weighted by Crippen LogP contribution is 2.27. The summed E-state index contributed by atoms with van der Waals surface area (Å²) in [6.45, 7) is -0.232. The van der Waals surface area contributed by atoms with Gasteiger partial charge in [-0.25, -0.2) is 9.18 Å². The maximum atomic E-state index is 13.3. The molecule has 0 aliphatic carbocycles. The van der Waals surface area contributed by atoms with Crippen molar-refractivity contribution >= 4 is 21.9 Å². The fourth-order valence-corrected chi connectivity index (χ4v) is 2.52. The van der Waals surface area contributed by atoms with E-state index in [9.17, 15) is 9.18 Å². The lowest BCUT2D eigenvalue weighted by atomic mass is 10.2. The summed E-state index contributed by atoms with van der Waals surface area (Å²) >= 11 is 3.18. The first-order valence-corrected chi connectivity index (χ1v) is 7.96. The number of rotatable bonds is 5. The van der Waals surface area contributed by atoms with E-state index in [2.05, 4.69) is 26.1 Å². The monoisotopic (exact) mass is 406 g/mol. The molecule has 25 heavy (non-hydrogen) atoms. The van der Waals surface area contributed by atoms with E-state index < -0.39 is 11.8 Å². The number of para-hydroxylation sites is 1. The molecular formula is C17H12BrFN2O4. The lowest BCUT2D eigenvalue weighted by Crippen LogP contribution is -2.06. The molecule has 0 radical (unpaired) electrons. The quantitative estimate of drug-likeness (QED) is 0.596. The molecule has 0 saturated heterocycles. The predicted molar refractivity (Wildman–Crippen MR) is 89.5 cm³/mol. The number of esters is 1. The molecule has 1 heterocycles. The fourth-order valence-electron chi connectivity index (χ4n) is 2.11. The second-order valence-corrected chi connectivity index (χ2v) is 5.77. The average Bonchev–Trinajstić information content (AvgIpc) is 3.10. The molecule has 3 rings (SSSR count). The van der Waals surface area contributed by atoms with Crippen molar-refractivity contribution in [1.29, 1.82) is 0 Å². The third-order valence-electron chi connectivity index (χ3n) is 3.29. The van der Waals surface area contributed by atoms with Crippen LogP contribution in [0.15, 0.2) is 51.5 Å². The minimum absolute atomic E-state index is 0.0736. The van der Waals surface area contributed by atoms with Gasteiger partial charge in [-0.3, -0.25) is 0 Å². The Morgan fingerprint density at radius 3 is 2.88 bits per heavy atom. The van der Waals surface area contributed by atoms with Crippen LogP contribution in [0.25, 0.3) is 11.4 Å². The van der Waals surface area contributed by atoms with Crippen molar-refractivity contribution in [3.8, 4) is 17.1 Å². The van der Waals surface area contributed by atoms with Gasteiger partial charge in [0, 0.05) is 4.47 Å². The van der Waals surface area contributed by atoms with Crippen LogP contribution in [0.5, 0.6) is 5.75 Å². The van der Waals surface area contributed by atoms with Gasteiger partial charge in [0.1, 0.15) is 11.6 Å². The van der Waals surface area contributed by atoms with Gasteiger partial charge in [0.05, 0.1) is 18.2 Å². The maximum Gasteiger partial charge on any atom is 0.339 e. The molecule has 2 aromatic carbocycles. The second-order valence-electron chi connectivity index (χ2n) is 4.91. The number of methoxy groups -OCH3 is 1. The topological polar surface area (TPSA) is 74.5 Å². The molecule has 0 unspecified atom stereocenters. The molecule has 0 aliphatic heterocycles. The highest BCUT2D eigenvalue weighted by Gasteiger charge is 2.16. The van der Waals surface area contributed by atoms with Gasteiger partial charge >= 0.3 is 5.97 Å². The van der Waals surface area contributed by atoms with Crippen LogP contribution in [0.1, 0.15) is 16.2 Å². The first-order chi connectivity index (χ1) is 12.1. The van der Waals surface area contributed by atoms with Crippen molar-refractivity contribution in [2.45, 2.75) is 6.61 Å². The van der Waals surface area contributed by atoms with E-state index in [1.807, 2.05) is 12.1 Å². The Labute approximate surface area is 150 Å². The van der Waals surface area contributed by atoms with Gasteiger partial charge in [0.25, 0.3) is 5.89 Å². The van der Waals surface area contributed by atoms with E-state index in [1.165, 1.54) is 12.1 Å². The minimum Gasteiger partial charge on any atom is -0.496 e. The molecule has 0 saturated carbocycles. The van der Waals surface area contributed by atoms with E-state index in [4.69, 9.17) is 14.0 Å². The van der Waals surface area contributed by atoms with Crippen LogP contribution in [-0.4, -0.2) is 23.2 Å². The number of benzene rings is 2. The summed E-state index contributed by atoms with van der Waals surface area (Å²) in [5, 5.41) is 3.85. The molecule has 6 nitrogen and oxygen atoms in total. The normalized spacial score (nSPS) is 10.5. The zero-order chi connectivity index (χ0) is 17.8. The van der Waals surface area contributed by atoms with Gasteiger partial charge in [-0.15, -0.1) is 0 Å². The van der Waals surface area contributed by atoms with Gasteiger partial charge in [0.15, 0.2) is 6.61 Å². The molecule has 0 N–H and O–H groups in total. The Kier molecular flexibility index (Phi) is 5.08. The van der Waals surface area contributed by atoms with Gasteiger partial charge < -0.3 is 14.0 Å². The molecule has 0 amide bonds. The van der Waals surface area contributed by atoms with Crippen LogP contribution in [0, 0.1) is 5.82 Å². The third kappa shape index (κ3) is 3.85. The highest BCUT2D eigenvalue weighted by atomic mass is 79.9. The first kappa shape index (κ1) is 17.1. The van der Waals surface area contributed by atoms with Crippen LogP contribution in [-0.2, 0) is 11.3 Å². The Morgan fingerprint density at radius 2 is 2.08 bits per heavy atom. The fraction of sp³-hybridized carbons (Fsp3) is 0.118. The highest BCUT2D eigenvalue weighted by molar-refractivity contribution is 9.10. The van der Waals surface area contributed by atoms with Crippen LogP contribution in [0.4, 0.5) is 4.39 Å². The Balaban J connectivity index is 1.72. The van der Waals surface area contributed by atoms with Crippen LogP contribution in [0.2, 0.25) is 0 Å². The smallest absolute Gasteiger partial charge is 0.339 e. The van der Waals surface area contributed by atoms with Crippen molar-refractivity contribution in [2.24, 2.45) is 0 Å². The average molecular weight is 407 g/mol. The molecule has 0 fully saturated rings. The minimum atomic E-state index is -0.705. The molecule has 1 aromatic heterocycles. The number of hydrogen-bond donors (Lipinski definition) is 0. The summed E-state index contributed by atoms with van der Waals surface area (Å²) in [5.41, 5.74) is 0.726. The number of ether oxygens (including phenoxy) is 2. The summed E-state index contributed by atoms with van der Waals surface area (Å²) in [7, 11) is 1.54. The SMILES string of the molecule is COc1ccccc1-c1noc(COC(=O)c2cc(F)ccc2Br)n1. The molecule has 0 aliphatic rings. The van der Waals surface area contributed by atoms with E-state index in [1.54, 1.807) is 19.2 Å². The van der Waals surface area contributed by atoms with Crippen molar-refractivity contribution < 1.29 is 23.2 Å². The van der Waals surface area contributed by atoms with E-state index in [0.29, 0.717) is 21.6 Å². The predicted octanol–water partition coefficient (Wildman–Crippen LogP) is 4.00. The Bertz CT molecular complexity index is 913. The maximum absolute atomic E-state index is 13.3. The van der Waals surface area contributed by atoms with Crippen LogP contribution in [0.3, 0.4) is 0 Å². The summed E-state index contributed by atoms with van der Waals surface area (Å²) in [6.07, 6.45) is 0. The van der Waals surface area contributed by atoms with E-state index in [0.717, 1.165) is 6.07 Å². The van der Waals surface area contributed by atoms with Crippen molar-refractivity contribution in [3.05, 3.63) is 64.2 Å². The van der Waals surface area contributed by atoms with Gasteiger partial charge in [-0.2, -0.15) is 4.98 Å². The van der Waals surface area contributed by atoms with Gasteiger partial charge in [-0.1, -0.05) is 17.3 Å². The Hall–Kier alpha value is -2.74. The lowest BCUT2D eigenvalue weighted by Gasteiger charge is -2.04. The summed E-state index contributed by atoms with van der Waals surface area (Å²) in [4.78, 5) is 16.2. The summed E-state index contributed by atoms with van der Waals surface area (Å²) < 4.78 is 29.1. The lowest BCUT2D eigenvalue weighted by molar-refractivity contribution is 0.0428. The summed E-state index contributed by atoms with van der Waals surface area (Å²) in [5.74, 6) is -0.220. The van der Waals surface area contributed by atoms with Gasteiger partial charge in [-0.05, 0) is 46.3 Å². The zero-order valence-corrected chi connectivity index (χ0v) is 14.6. The molecule has 0 bridgehead atoms. The van der Waals surface area contributed by atoms with Crippen molar-refractivity contribution in [3.63, 3.8) is 0 Å².